The number of benzene rings is 3. The molecule has 1 aliphatic rings. The number of hydrogen-bond acceptors (Lipinski definition) is 4. The summed E-state index contributed by atoms with van der Waals surface area (Å²) < 4.78 is 0. The molecule has 5 nitrogen and oxygen atoms in total. The number of hydrogen-bond donors (Lipinski definition) is 1. The zero-order valence-electron chi connectivity index (χ0n) is 15.9. The Morgan fingerprint density at radius 3 is 2.73 bits per heavy atom. The molecule has 1 fully saturated rings. The normalized spacial score (nSPS) is 17.7. The molecule has 1 N–H and O–H groups in total. The highest BCUT2D eigenvalue weighted by Crippen LogP contribution is 2.33. The fraction of sp³-hybridized carbons (Fsp3) is 0.136. The number of aliphatic imine (C=N–C) groups is 1. The number of carbonyl (C=O) groups is 2. The van der Waals surface area contributed by atoms with Crippen LogP contribution in [0, 0.1) is 0 Å². The van der Waals surface area contributed by atoms with E-state index in [1.54, 1.807) is 25.2 Å². The summed E-state index contributed by atoms with van der Waals surface area (Å²) in [5.74, 6) is -0.476. The third-order valence-electron chi connectivity index (χ3n) is 4.70. The molecule has 0 aliphatic carbocycles. The van der Waals surface area contributed by atoms with Crippen molar-refractivity contribution in [3.8, 4) is 0 Å². The molecule has 30 heavy (non-hydrogen) atoms. The Bertz CT molecular complexity index is 1180. The predicted molar refractivity (Wildman–Crippen MR) is 125 cm³/mol. The second-order valence-corrected chi connectivity index (χ2v) is 8.79. The Labute approximate surface area is 188 Å². The van der Waals surface area contributed by atoms with Crippen molar-refractivity contribution >= 4 is 74.1 Å². The summed E-state index contributed by atoms with van der Waals surface area (Å²) in [5, 5.41) is 5.66. The summed E-state index contributed by atoms with van der Waals surface area (Å²) in [6.07, 6.45) is 0.00520. The molecule has 1 aliphatic heterocycles. The molecule has 1 heterocycles. The summed E-state index contributed by atoms with van der Waals surface area (Å²) in [5.41, 5.74) is 1.20. The molecule has 1 saturated heterocycles. The first-order valence-electron chi connectivity index (χ1n) is 9.18. The number of thioether (sulfide) groups is 1. The van der Waals surface area contributed by atoms with Crippen LogP contribution in [0.3, 0.4) is 0 Å². The first-order chi connectivity index (χ1) is 14.4. The van der Waals surface area contributed by atoms with Crippen LogP contribution in [0.1, 0.15) is 6.42 Å². The Kier molecular flexibility index (Phi) is 5.99. The molecular formula is C22H17Cl2N3O2S. The minimum atomic E-state index is -0.554. The van der Waals surface area contributed by atoms with Crippen LogP contribution in [-0.4, -0.2) is 34.2 Å². The van der Waals surface area contributed by atoms with Gasteiger partial charge in [-0.2, -0.15) is 0 Å². The zero-order chi connectivity index (χ0) is 21.3. The number of fused-ring (bicyclic) bond motifs is 1. The Morgan fingerprint density at radius 2 is 1.90 bits per heavy atom. The zero-order valence-corrected chi connectivity index (χ0v) is 18.3. The number of nitrogens with one attached hydrogen (secondary N) is 1. The van der Waals surface area contributed by atoms with Crippen molar-refractivity contribution in [2.24, 2.45) is 4.99 Å². The van der Waals surface area contributed by atoms with Crippen LogP contribution in [0.25, 0.3) is 10.8 Å². The van der Waals surface area contributed by atoms with Crippen molar-refractivity contribution in [1.82, 2.24) is 4.90 Å². The largest absolute Gasteiger partial charge is 0.325 e. The van der Waals surface area contributed by atoms with Gasteiger partial charge in [0.15, 0.2) is 5.17 Å². The number of halogens is 2. The molecule has 0 spiro atoms. The van der Waals surface area contributed by atoms with Gasteiger partial charge in [-0.3, -0.25) is 14.5 Å². The number of amidine groups is 1. The Hall–Kier alpha value is -2.54. The van der Waals surface area contributed by atoms with Gasteiger partial charge in [-0.15, -0.1) is 0 Å². The van der Waals surface area contributed by atoms with Crippen molar-refractivity contribution in [2.45, 2.75) is 11.7 Å². The molecule has 8 heteroatoms. The topological polar surface area (TPSA) is 61.8 Å². The first-order valence-corrected chi connectivity index (χ1v) is 10.8. The van der Waals surface area contributed by atoms with E-state index in [-0.39, 0.29) is 18.2 Å². The van der Waals surface area contributed by atoms with Crippen molar-refractivity contribution in [3.05, 3.63) is 70.7 Å². The van der Waals surface area contributed by atoms with Gasteiger partial charge in [0.25, 0.3) is 0 Å². The predicted octanol–water partition coefficient (Wildman–Crippen LogP) is 5.74. The molecule has 152 valence electrons. The van der Waals surface area contributed by atoms with Crippen LogP contribution in [0.15, 0.2) is 65.7 Å². The van der Waals surface area contributed by atoms with E-state index in [9.17, 15) is 9.59 Å². The van der Waals surface area contributed by atoms with Gasteiger partial charge >= 0.3 is 0 Å². The van der Waals surface area contributed by atoms with Crippen molar-refractivity contribution in [3.63, 3.8) is 0 Å². The second kappa shape index (κ2) is 8.68. The number of carbonyl (C=O) groups excluding carboxylic acids is 2. The molecule has 0 aromatic heterocycles. The fourth-order valence-corrected chi connectivity index (χ4v) is 4.65. The van der Waals surface area contributed by atoms with Gasteiger partial charge in [0.2, 0.25) is 11.8 Å². The lowest BCUT2D eigenvalue weighted by Crippen LogP contribution is -2.30. The van der Waals surface area contributed by atoms with Gasteiger partial charge in [0.1, 0.15) is 5.25 Å². The van der Waals surface area contributed by atoms with Gasteiger partial charge in [-0.25, -0.2) is 4.99 Å². The average Bonchev–Trinajstić information content (AvgIpc) is 2.99. The number of anilines is 1. The molecule has 2 amide bonds. The van der Waals surface area contributed by atoms with Crippen LogP contribution in [0.4, 0.5) is 11.4 Å². The van der Waals surface area contributed by atoms with Crippen molar-refractivity contribution in [1.29, 1.82) is 0 Å². The molecule has 3 aromatic rings. The molecule has 4 rings (SSSR count). The highest BCUT2D eigenvalue weighted by Gasteiger charge is 2.37. The first kappa shape index (κ1) is 20.7. The Morgan fingerprint density at radius 1 is 1.13 bits per heavy atom. The lowest BCUT2D eigenvalue weighted by molar-refractivity contribution is -0.127. The lowest BCUT2D eigenvalue weighted by Gasteiger charge is -2.10. The van der Waals surface area contributed by atoms with E-state index in [4.69, 9.17) is 28.2 Å². The average molecular weight is 458 g/mol. The molecule has 3 aromatic carbocycles. The SMILES string of the molecule is CN1C(=O)[C@@H](CC(=O)Nc2cc(Cl)ccc2Cl)SC1=Nc1cccc2ccccc12. The number of nitrogens with zero attached hydrogens (tertiary/aromatic N) is 2. The number of amides is 2. The Balaban J connectivity index is 1.51. The standard InChI is InChI=1S/C22H17Cl2N3O2S/c1-27-21(29)19(12-20(28)25-18-11-14(23)9-10-16(18)24)30-22(27)26-17-8-4-6-13-5-2-3-7-15(13)17/h2-11,19H,12H2,1H3,(H,25,28)/t19-/m1/s1. The molecule has 0 saturated carbocycles. The van der Waals surface area contributed by atoms with Gasteiger partial charge < -0.3 is 5.32 Å². The summed E-state index contributed by atoms with van der Waals surface area (Å²) in [7, 11) is 1.67. The van der Waals surface area contributed by atoms with Crippen LogP contribution in [0.5, 0.6) is 0 Å². The van der Waals surface area contributed by atoms with Crippen LogP contribution >= 0.6 is 35.0 Å². The maximum atomic E-state index is 12.7. The van der Waals surface area contributed by atoms with E-state index in [0.717, 1.165) is 16.5 Å². The lowest BCUT2D eigenvalue weighted by atomic mass is 10.1. The van der Waals surface area contributed by atoms with E-state index < -0.39 is 5.25 Å². The smallest absolute Gasteiger partial charge is 0.242 e. The quantitative estimate of drug-likeness (QED) is 0.543. The highest BCUT2D eigenvalue weighted by atomic mass is 35.5. The van der Waals surface area contributed by atoms with E-state index in [2.05, 4.69) is 5.32 Å². The van der Waals surface area contributed by atoms with E-state index in [1.165, 1.54) is 16.7 Å². The second-order valence-electron chi connectivity index (χ2n) is 6.77. The maximum Gasteiger partial charge on any atom is 0.242 e. The van der Waals surface area contributed by atoms with Gasteiger partial charge in [0, 0.05) is 23.9 Å². The van der Waals surface area contributed by atoms with E-state index in [0.29, 0.717) is 20.9 Å². The van der Waals surface area contributed by atoms with Crippen molar-refractivity contribution in [2.75, 3.05) is 12.4 Å². The van der Waals surface area contributed by atoms with Crippen LogP contribution in [-0.2, 0) is 9.59 Å². The van der Waals surface area contributed by atoms with Gasteiger partial charge in [0.05, 0.1) is 16.4 Å². The monoisotopic (exact) mass is 457 g/mol. The maximum absolute atomic E-state index is 12.7. The summed E-state index contributed by atoms with van der Waals surface area (Å²) in [6, 6.07) is 18.6. The van der Waals surface area contributed by atoms with E-state index in [1.807, 2.05) is 42.5 Å². The van der Waals surface area contributed by atoms with Crippen LogP contribution in [0.2, 0.25) is 10.0 Å². The molecular weight excluding hydrogens is 441 g/mol. The number of rotatable bonds is 4. The third-order valence-corrected chi connectivity index (χ3v) is 6.49. The minimum absolute atomic E-state index is 0.00520. The fourth-order valence-electron chi connectivity index (χ4n) is 3.17. The van der Waals surface area contributed by atoms with Gasteiger partial charge in [-0.1, -0.05) is 71.4 Å². The molecule has 0 unspecified atom stereocenters. The van der Waals surface area contributed by atoms with Crippen molar-refractivity contribution < 1.29 is 9.59 Å². The van der Waals surface area contributed by atoms with Crippen LogP contribution < -0.4 is 5.32 Å². The van der Waals surface area contributed by atoms with Gasteiger partial charge in [-0.05, 0) is 29.7 Å². The minimum Gasteiger partial charge on any atom is -0.325 e. The molecule has 0 bridgehead atoms. The highest BCUT2D eigenvalue weighted by molar-refractivity contribution is 8.15. The summed E-state index contributed by atoms with van der Waals surface area (Å²) in [6.45, 7) is 0. The third kappa shape index (κ3) is 4.31. The van der Waals surface area contributed by atoms with E-state index >= 15 is 0 Å². The molecule has 0 radical (unpaired) electrons. The summed E-state index contributed by atoms with van der Waals surface area (Å²) in [4.78, 5) is 31.4. The molecule has 1 atom stereocenters. The summed E-state index contributed by atoms with van der Waals surface area (Å²) >= 11 is 13.3.